The third-order valence-corrected chi connectivity index (χ3v) is 4.22. The lowest BCUT2D eigenvalue weighted by molar-refractivity contribution is -0.384. The molecular formula is C16H17N5O2. The Labute approximate surface area is 133 Å². The van der Waals surface area contributed by atoms with Crippen LogP contribution < -0.4 is 10.6 Å². The van der Waals surface area contributed by atoms with Gasteiger partial charge in [0.1, 0.15) is 6.20 Å². The van der Waals surface area contributed by atoms with Crippen LogP contribution in [0.3, 0.4) is 0 Å². The predicted molar refractivity (Wildman–Crippen MR) is 86.5 cm³/mol. The molecule has 2 atom stereocenters. The largest absolute Gasteiger partial charge is 0.361 e. The molecule has 2 fully saturated rings. The first kappa shape index (κ1) is 13.9. The highest BCUT2D eigenvalue weighted by atomic mass is 16.6. The molecule has 2 aliphatic carbocycles. The van der Waals surface area contributed by atoms with E-state index in [1.165, 1.54) is 11.8 Å². The van der Waals surface area contributed by atoms with E-state index in [2.05, 4.69) is 32.7 Å². The zero-order valence-electron chi connectivity index (χ0n) is 12.5. The van der Waals surface area contributed by atoms with Gasteiger partial charge in [0.05, 0.1) is 4.92 Å². The van der Waals surface area contributed by atoms with Crippen molar-refractivity contribution < 1.29 is 4.92 Å². The molecule has 7 nitrogen and oxygen atoms in total. The van der Waals surface area contributed by atoms with Crippen LogP contribution in [0.4, 0.5) is 17.5 Å². The van der Waals surface area contributed by atoms with Crippen LogP contribution in [-0.2, 0) is 0 Å². The van der Waals surface area contributed by atoms with Gasteiger partial charge in [-0.15, -0.1) is 0 Å². The second kappa shape index (κ2) is 5.49. The minimum Gasteiger partial charge on any atom is -0.361 e. The maximum absolute atomic E-state index is 11.1. The zero-order chi connectivity index (χ0) is 15.8. The van der Waals surface area contributed by atoms with Crippen LogP contribution >= 0.6 is 0 Å². The molecule has 0 spiro atoms. The van der Waals surface area contributed by atoms with E-state index in [4.69, 9.17) is 0 Å². The summed E-state index contributed by atoms with van der Waals surface area (Å²) in [5.74, 6) is 1.21. The fourth-order valence-electron chi connectivity index (χ4n) is 2.69. The van der Waals surface area contributed by atoms with Gasteiger partial charge >= 0.3 is 5.69 Å². The molecule has 118 valence electrons. The predicted octanol–water partition coefficient (Wildman–Crippen LogP) is 2.93. The van der Waals surface area contributed by atoms with Gasteiger partial charge in [0.2, 0.25) is 11.8 Å². The van der Waals surface area contributed by atoms with E-state index in [1.54, 1.807) is 0 Å². The number of hydrogen-bond donors (Lipinski definition) is 2. The topological polar surface area (TPSA) is 93.0 Å². The number of aromatic nitrogens is 2. The average Bonchev–Trinajstić information content (AvgIpc) is 3.45. The highest BCUT2D eigenvalue weighted by molar-refractivity contribution is 5.58. The second-order valence-electron chi connectivity index (χ2n) is 6.11. The first-order valence-electron chi connectivity index (χ1n) is 7.80. The summed E-state index contributed by atoms with van der Waals surface area (Å²) in [6.07, 6.45) is 4.36. The fraction of sp³-hybridized carbons (Fsp3) is 0.375. The summed E-state index contributed by atoms with van der Waals surface area (Å²) in [4.78, 5) is 19.0. The zero-order valence-corrected chi connectivity index (χ0v) is 12.5. The van der Waals surface area contributed by atoms with E-state index >= 15 is 0 Å². The number of hydrogen-bond acceptors (Lipinski definition) is 6. The Morgan fingerprint density at radius 1 is 1.17 bits per heavy atom. The summed E-state index contributed by atoms with van der Waals surface area (Å²) in [6.45, 7) is 0. The highest BCUT2D eigenvalue weighted by Crippen LogP contribution is 2.42. The van der Waals surface area contributed by atoms with Gasteiger partial charge in [-0.2, -0.15) is 4.98 Å². The molecule has 2 aromatic rings. The van der Waals surface area contributed by atoms with Crippen LogP contribution in [0, 0.1) is 10.1 Å². The molecule has 1 aromatic heterocycles. The SMILES string of the molecule is O=[N+]([O-])c1cnc(N[C@@H]2C[C@@H]2c2ccccc2)nc1NC1CC1. The Bertz CT molecular complexity index is 733. The standard InChI is InChI=1S/C16H17N5O2/c22-21(23)14-9-17-16(20-15(14)18-11-6-7-11)19-13-8-12(13)10-4-2-1-3-5-10/h1-5,9,11-13H,6-8H2,(H2,17,18,19,20)/t12-,13-/m1/s1. The normalized spacial score (nSPS) is 22.4. The van der Waals surface area contributed by atoms with Crippen LogP contribution in [0.2, 0.25) is 0 Å². The molecule has 0 amide bonds. The Morgan fingerprint density at radius 2 is 1.96 bits per heavy atom. The van der Waals surface area contributed by atoms with Gasteiger partial charge in [-0.1, -0.05) is 30.3 Å². The summed E-state index contributed by atoms with van der Waals surface area (Å²) < 4.78 is 0. The smallest absolute Gasteiger partial charge is 0.329 e. The summed E-state index contributed by atoms with van der Waals surface area (Å²) in [7, 11) is 0. The molecule has 23 heavy (non-hydrogen) atoms. The number of nitrogens with zero attached hydrogens (tertiary/aromatic N) is 3. The minimum absolute atomic E-state index is 0.0714. The summed E-state index contributed by atoms with van der Waals surface area (Å²) in [5, 5.41) is 17.5. The van der Waals surface area contributed by atoms with E-state index in [1.807, 2.05) is 18.2 Å². The molecule has 2 saturated carbocycles. The first-order chi connectivity index (χ1) is 11.2. The van der Waals surface area contributed by atoms with Crippen molar-refractivity contribution in [2.45, 2.75) is 37.3 Å². The molecule has 0 aliphatic heterocycles. The van der Waals surface area contributed by atoms with Gasteiger partial charge in [0, 0.05) is 18.0 Å². The Kier molecular flexibility index (Phi) is 3.33. The van der Waals surface area contributed by atoms with Crippen molar-refractivity contribution in [2.75, 3.05) is 10.6 Å². The quantitative estimate of drug-likeness (QED) is 0.629. The number of anilines is 2. The molecular weight excluding hydrogens is 294 g/mol. The molecule has 0 unspecified atom stereocenters. The lowest BCUT2D eigenvalue weighted by atomic mass is 10.1. The van der Waals surface area contributed by atoms with Gasteiger partial charge in [-0.3, -0.25) is 10.1 Å². The Hall–Kier alpha value is -2.70. The molecule has 1 aromatic carbocycles. The molecule has 1 heterocycles. The maximum Gasteiger partial charge on any atom is 0.329 e. The van der Waals surface area contributed by atoms with Crippen molar-refractivity contribution in [1.82, 2.24) is 9.97 Å². The highest BCUT2D eigenvalue weighted by Gasteiger charge is 2.39. The van der Waals surface area contributed by atoms with E-state index in [-0.39, 0.29) is 11.7 Å². The van der Waals surface area contributed by atoms with Crippen molar-refractivity contribution in [1.29, 1.82) is 0 Å². The van der Waals surface area contributed by atoms with Crippen molar-refractivity contribution in [3.05, 3.63) is 52.2 Å². The minimum atomic E-state index is -0.446. The fourth-order valence-corrected chi connectivity index (χ4v) is 2.69. The summed E-state index contributed by atoms with van der Waals surface area (Å²) >= 11 is 0. The van der Waals surface area contributed by atoms with E-state index in [0.717, 1.165) is 19.3 Å². The van der Waals surface area contributed by atoms with Crippen LogP contribution in [0.15, 0.2) is 36.5 Å². The van der Waals surface area contributed by atoms with Crippen molar-refractivity contribution in [2.24, 2.45) is 0 Å². The van der Waals surface area contributed by atoms with Gasteiger partial charge < -0.3 is 10.6 Å². The summed E-state index contributed by atoms with van der Waals surface area (Å²) in [5.41, 5.74) is 1.22. The Morgan fingerprint density at radius 3 is 2.65 bits per heavy atom. The summed E-state index contributed by atoms with van der Waals surface area (Å²) in [6, 6.07) is 10.9. The number of benzene rings is 1. The monoisotopic (exact) mass is 311 g/mol. The van der Waals surface area contributed by atoms with Crippen molar-refractivity contribution in [3.63, 3.8) is 0 Å². The van der Waals surface area contributed by atoms with Crippen molar-refractivity contribution in [3.8, 4) is 0 Å². The van der Waals surface area contributed by atoms with Crippen molar-refractivity contribution >= 4 is 17.5 Å². The average molecular weight is 311 g/mol. The molecule has 0 saturated heterocycles. The third-order valence-electron chi connectivity index (χ3n) is 4.22. The van der Waals surface area contributed by atoms with Crippen LogP contribution in [0.5, 0.6) is 0 Å². The molecule has 0 bridgehead atoms. The molecule has 2 aliphatic rings. The maximum atomic E-state index is 11.1. The van der Waals surface area contributed by atoms with Gasteiger partial charge in [0.25, 0.3) is 0 Å². The van der Waals surface area contributed by atoms with E-state index < -0.39 is 4.92 Å². The lowest BCUT2D eigenvalue weighted by Gasteiger charge is -2.08. The molecule has 2 N–H and O–H groups in total. The van der Waals surface area contributed by atoms with E-state index in [0.29, 0.717) is 23.7 Å². The molecule has 4 rings (SSSR count). The molecule has 7 heteroatoms. The van der Waals surface area contributed by atoms with Gasteiger partial charge in [-0.05, 0) is 24.8 Å². The van der Waals surface area contributed by atoms with Gasteiger partial charge in [0.15, 0.2) is 0 Å². The van der Waals surface area contributed by atoms with Crippen LogP contribution in [-0.4, -0.2) is 27.0 Å². The van der Waals surface area contributed by atoms with Crippen LogP contribution in [0.25, 0.3) is 0 Å². The number of nitrogens with one attached hydrogen (secondary N) is 2. The second-order valence-corrected chi connectivity index (χ2v) is 6.11. The molecule has 0 radical (unpaired) electrons. The third kappa shape index (κ3) is 3.08. The Balaban J connectivity index is 1.48. The van der Waals surface area contributed by atoms with Gasteiger partial charge in [-0.25, -0.2) is 4.98 Å². The van der Waals surface area contributed by atoms with E-state index in [9.17, 15) is 10.1 Å². The lowest BCUT2D eigenvalue weighted by Crippen LogP contribution is -2.12. The van der Waals surface area contributed by atoms with Crippen LogP contribution in [0.1, 0.15) is 30.7 Å². The number of rotatable bonds is 6. The first-order valence-corrected chi connectivity index (χ1v) is 7.80. The number of nitro groups is 1.